The Kier molecular flexibility index (Phi) is 4.75. The molecule has 24 heavy (non-hydrogen) atoms. The first-order valence-electron chi connectivity index (χ1n) is 8.01. The molecule has 2 aromatic rings. The van der Waals surface area contributed by atoms with Crippen LogP contribution in [0.25, 0.3) is 11.1 Å². The highest BCUT2D eigenvalue weighted by Crippen LogP contribution is 2.44. The zero-order chi connectivity index (χ0) is 16.9. The van der Waals surface area contributed by atoms with Crippen molar-refractivity contribution in [3.05, 3.63) is 71.4 Å². The highest BCUT2D eigenvalue weighted by Gasteiger charge is 2.28. The normalized spacial score (nSPS) is 13.1. The van der Waals surface area contributed by atoms with Crippen LogP contribution in [0.1, 0.15) is 30.4 Å². The maximum Gasteiger partial charge on any atom is 0.411 e. The fraction of sp³-hybridized carbons (Fsp3) is 0.200. The van der Waals surface area contributed by atoms with E-state index in [1.54, 1.807) is 0 Å². The molecule has 4 heteroatoms. The van der Waals surface area contributed by atoms with E-state index in [9.17, 15) is 9.59 Å². The molecule has 1 aliphatic rings. The number of ether oxygens (including phenoxy) is 1. The van der Waals surface area contributed by atoms with E-state index in [1.165, 1.54) is 28.3 Å². The lowest BCUT2D eigenvalue weighted by Gasteiger charge is -2.15. The van der Waals surface area contributed by atoms with Crippen LogP contribution < -0.4 is 5.32 Å². The molecule has 0 bridgehead atoms. The number of amides is 1. The number of carbonyl (C=O) groups excluding carboxylic acids is 2. The van der Waals surface area contributed by atoms with E-state index in [1.807, 2.05) is 31.2 Å². The monoisotopic (exact) mass is 321 g/mol. The number of alkyl carbamates (subject to hydrolysis) is 1. The van der Waals surface area contributed by atoms with Crippen LogP contribution in [0.15, 0.2) is 60.3 Å². The molecule has 1 N–H and O–H groups in total. The minimum absolute atomic E-state index is 0.0308. The molecule has 0 radical (unpaired) electrons. The van der Waals surface area contributed by atoms with Crippen molar-refractivity contribution in [1.29, 1.82) is 0 Å². The molecule has 0 fully saturated rings. The summed E-state index contributed by atoms with van der Waals surface area (Å²) in [5, 5.41) is 2.61. The van der Waals surface area contributed by atoms with Crippen LogP contribution >= 0.6 is 0 Å². The third-order valence-electron chi connectivity index (χ3n) is 4.26. The fourth-order valence-corrected chi connectivity index (χ4v) is 3.10. The van der Waals surface area contributed by atoms with Gasteiger partial charge in [-0.3, -0.25) is 10.1 Å². The van der Waals surface area contributed by atoms with Gasteiger partial charge in [-0.15, -0.1) is 0 Å². The summed E-state index contributed by atoms with van der Waals surface area (Å²) in [5.74, 6) is 0.0308. The molecule has 122 valence electrons. The number of hydrogen-bond acceptors (Lipinski definition) is 3. The second-order valence-electron chi connectivity index (χ2n) is 5.63. The minimum atomic E-state index is -0.535. The largest absolute Gasteiger partial charge is 0.448 e. The van der Waals surface area contributed by atoms with Gasteiger partial charge >= 0.3 is 6.09 Å². The molecule has 3 rings (SSSR count). The SMILES string of the molecule is CCC(=CC=O)NC(=O)OCC1c2ccccc2-c2ccccc21. The predicted octanol–water partition coefficient (Wildman–Crippen LogP) is 4.02. The van der Waals surface area contributed by atoms with Crippen molar-refractivity contribution in [2.75, 3.05) is 6.61 Å². The summed E-state index contributed by atoms with van der Waals surface area (Å²) in [6.45, 7) is 2.12. The van der Waals surface area contributed by atoms with Gasteiger partial charge < -0.3 is 4.74 Å². The summed E-state index contributed by atoms with van der Waals surface area (Å²) < 4.78 is 5.41. The molecule has 0 atom stereocenters. The van der Waals surface area contributed by atoms with E-state index in [-0.39, 0.29) is 12.5 Å². The summed E-state index contributed by atoms with van der Waals surface area (Å²) in [4.78, 5) is 22.5. The number of carbonyl (C=O) groups is 2. The number of rotatable bonds is 5. The Labute approximate surface area is 141 Å². The van der Waals surface area contributed by atoms with E-state index >= 15 is 0 Å². The van der Waals surface area contributed by atoms with E-state index in [0.717, 1.165) is 0 Å². The highest BCUT2D eigenvalue weighted by molar-refractivity contribution is 5.79. The lowest BCUT2D eigenvalue weighted by atomic mass is 9.98. The average Bonchev–Trinajstić information content (AvgIpc) is 2.93. The number of allylic oxidation sites excluding steroid dienone is 2. The van der Waals surface area contributed by atoms with Crippen LogP contribution in [0.4, 0.5) is 4.79 Å². The highest BCUT2D eigenvalue weighted by atomic mass is 16.5. The molecular weight excluding hydrogens is 302 g/mol. The first-order chi connectivity index (χ1) is 11.7. The molecule has 1 aliphatic carbocycles. The van der Waals surface area contributed by atoms with E-state index < -0.39 is 6.09 Å². The smallest absolute Gasteiger partial charge is 0.411 e. The van der Waals surface area contributed by atoms with Gasteiger partial charge in [0.25, 0.3) is 0 Å². The second kappa shape index (κ2) is 7.13. The van der Waals surface area contributed by atoms with Crippen LogP contribution in [-0.2, 0) is 9.53 Å². The molecule has 0 aliphatic heterocycles. The molecule has 0 aromatic heterocycles. The average molecular weight is 321 g/mol. The number of aldehydes is 1. The van der Waals surface area contributed by atoms with Gasteiger partial charge in [0.05, 0.1) is 0 Å². The van der Waals surface area contributed by atoms with Crippen LogP contribution in [0.3, 0.4) is 0 Å². The summed E-state index contributed by atoms with van der Waals surface area (Å²) in [7, 11) is 0. The summed E-state index contributed by atoms with van der Waals surface area (Å²) in [5.41, 5.74) is 5.27. The van der Waals surface area contributed by atoms with Gasteiger partial charge in [0.1, 0.15) is 12.9 Å². The molecule has 1 amide bonds. The molecular formula is C20H19NO3. The molecule has 0 unspecified atom stereocenters. The second-order valence-corrected chi connectivity index (χ2v) is 5.63. The zero-order valence-electron chi connectivity index (χ0n) is 13.5. The Morgan fingerprint density at radius 2 is 1.67 bits per heavy atom. The van der Waals surface area contributed by atoms with Crippen molar-refractivity contribution in [3.63, 3.8) is 0 Å². The van der Waals surface area contributed by atoms with E-state index in [0.29, 0.717) is 18.4 Å². The van der Waals surface area contributed by atoms with Crippen molar-refractivity contribution in [2.24, 2.45) is 0 Å². The van der Waals surface area contributed by atoms with Gasteiger partial charge in [0.15, 0.2) is 0 Å². The third-order valence-corrected chi connectivity index (χ3v) is 4.26. The first-order valence-corrected chi connectivity index (χ1v) is 8.01. The number of benzene rings is 2. The zero-order valence-corrected chi connectivity index (χ0v) is 13.5. The van der Waals surface area contributed by atoms with Crippen molar-refractivity contribution in [1.82, 2.24) is 5.32 Å². The Hall–Kier alpha value is -2.88. The van der Waals surface area contributed by atoms with Gasteiger partial charge in [-0.05, 0) is 34.8 Å². The molecule has 0 heterocycles. The Morgan fingerprint density at radius 3 is 2.21 bits per heavy atom. The Bertz CT molecular complexity index is 749. The third kappa shape index (κ3) is 3.08. The van der Waals surface area contributed by atoms with Crippen LogP contribution in [-0.4, -0.2) is 19.0 Å². The summed E-state index contributed by atoms with van der Waals surface area (Å²) >= 11 is 0. The molecule has 0 saturated carbocycles. The lowest BCUT2D eigenvalue weighted by molar-refractivity contribution is -0.104. The van der Waals surface area contributed by atoms with Crippen LogP contribution in [0.2, 0.25) is 0 Å². The number of hydrogen-bond donors (Lipinski definition) is 1. The van der Waals surface area contributed by atoms with Crippen molar-refractivity contribution in [2.45, 2.75) is 19.3 Å². The number of nitrogens with one attached hydrogen (secondary N) is 1. The topological polar surface area (TPSA) is 55.4 Å². The summed E-state index contributed by atoms with van der Waals surface area (Å²) in [6.07, 6.45) is 2.01. The molecule has 0 spiro atoms. The van der Waals surface area contributed by atoms with Gasteiger partial charge in [0.2, 0.25) is 0 Å². The van der Waals surface area contributed by atoms with Gasteiger partial charge in [-0.1, -0.05) is 55.5 Å². The van der Waals surface area contributed by atoms with Crippen molar-refractivity contribution < 1.29 is 14.3 Å². The minimum Gasteiger partial charge on any atom is -0.448 e. The van der Waals surface area contributed by atoms with Gasteiger partial charge in [-0.2, -0.15) is 0 Å². The molecule has 0 saturated heterocycles. The quantitative estimate of drug-likeness (QED) is 0.668. The van der Waals surface area contributed by atoms with Crippen LogP contribution in [0, 0.1) is 0 Å². The molecule has 2 aromatic carbocycles. The van der Waals surface area contributed by atoms with Gasteiger partial charge in [-0.25, -0.2) is 4.79 Å². The van der Waals surface area contributed by atoms with Crippen molar-refractivity contribution >= 4 is 12.4 Å². The number of fused-ring (bicyclic) bond motifs is 3. The molecule has 4 nitrogen and oxygen atoms in total. The van der Waals surface area contributed by atoms with Gasteiger partial charge in [0, 0.05) is 11.6 Å². The Balaban J connectivity index is 1.75. The maximum atomic E-state index is 12.0. The lowest BCUT2D eigenvalue weighted by Crippen LogP contribution is -2.25. The summed E-state index contributed by atoms with van der Waals surface area (Å²) in [6, 6.07) is 16.4. The maximum absolute atomic E-state index is 12.0. The Morgan fingerprint density at radius 1 is 1.08 bits per heavy atom. The predicted molar refractivity (Wildman–Crippen MR) is 92.6 cm³/mol. The standard InChI is InChI=1S/C20H19NO3/c1-2-14(11-12-22)21-20(23)24-13-19-17-9-5-3-7-15(17)16-8-4-6-10-18(16)19/h3-12,19H,2,13H2,1H3,(H,21,23). The first kappa shape index (κ1) is 16.0. The van der Waals surface area contributed by atoms with Crippen LogP contribution in [0.5, 0.6) is 0 Å². The van der Waals surface area contributed by atoms with E-state index in [4.69, 9.17) is 4.74 Å². The van der Waals surface area contributed by atoms with E-state index in [2.05, 4.69) is 29.6 Å². The van der Waals surface area contributed by atoms with Crippen molar-refractivity contribution in [3.8, 4) is 11.1 Å². The fourth-order valence-electron chi connectivity index (χ4n) is 3.10.